The van der Waals surface area contributed by atoms with E-state index in [0.29, 0.717) is 47.2 Å². The minimum atomic E-state index is -0.0576. The predicted molar refractivity (Wildman–Crippen MR) is 130 cm³/mol. The molecule has 1 aromatic heterocycles. The average Bonchev–Trinajstić information content (AvgIpc) is 2.86. The van der Waals surface area contributed by atoms with Gasteiger partial charge in [0.25, 0.3) is 5.91 Å². The average molecular weight is 464 g/mol. The van der Waals surface area contributed by atoms with Crippen molar-refractivity contribution in [3.63, 3.8) is 0 Å². The Bertz CT molecular complexity index is 1220. The largest absolute Gasteiger partial charge is 0.495 e. The number of ether oxygens (including phenoxy) is 1. The van der Waals surface area contributed by atoms with Gasteiger partial charge in [0.2, 0.25) is 0 Å². The molecule has 2 heterocycles. The van der Waals surface area contributed by atoms with Crippen molar-refractivity contribution < 1.29 is 9.53 Å². The quantitative estimate of drug-likeness (QED) is 0.591. The molecule has 7 nitrogen and oxygen atoms in total. The van der Waals surface area contributed by atoms with Gasteiger partial charge in [0.05, 0.1) is 40.5 Å². The third-order valence-corrected chi connectivity index (χ3v) is 6.32. The Morgan fingerprint density at radius 1 is 1.21 bits per heavy atom. The highest BCUT2D eigenvalue weighted by molar-refractivity contribution is 6.32. The van der Waals surface area contributed by atoms with Crippen LogP contribution < -0.4 is 10.1 Å². The van der Waals surface area contributed by atoms with E-state index in [1.807, 2.05) is 23.1 Å². The number of hydrogen-bond acceptors (Lipinski definition) is 6. The number of carbonyl (C=O) groups is 1. The fraction of sp³-hybridized carbons (Fsp3) is 0.320. The van der Waals surface area contributed by atoms with Gasteiger partial charge in [-0.15, -0.1) is 0 Å². The van der Waals surface area contributed by atoms with E-state index in [4.69, 9.17) is 16.3 Å². The zero-order valence-corrected chi connectivity index (χ0v) is 19.5. The van der Waals surface area contributed by atoms with E-state index in [1.165, 1.54) is 0 Å². The lowest BCUT2D eigenvalue weighted by Crippen LogP contribution is -2.48. The normalized spacial score (nSPS) is 14.2. The van der Waals surface area contributed by atoms with Gasteiger partial charge in [-0.25, -0.2) is 0 Å². The molecule has 0 aliphatic carbocycles. The molecule has 1 amide bonds. The first-order chi connectivity index (χ1) is 16.0. The number of likely N-dealkylation sites (N-methyl/N-ethyl adjacent to an activating group) is 1. The van der Waals surface area contributed by atoms with Crippen molar-refractivity contribution in [3.8, 4) is 11.8 Å². The fourth-order valence-corrected chi connectivity index (χ4v) is 4.34. The van der Waals surface area contributed by atoms with E-state index >= 15 is 0 Å². The molecule has 0 atom stereocenters. The number of aromatic nitrogens is 1. The maximum atomic E-state index is 13.5. The molecule has 3 aromatic rings. The third kappa shape index (κ3) is 4.87. The lowest BCUT2D eigenvalue weighted by Gasteiger charge is -2.34. The molecule has 1 aliphatic rings. The molecule has 0 saturated carbocycles. The summed E-state index contributed by atoms with van der Waals surface area (Å²) in [4.78, 5) is 22.2. The summed E-state index contributed by atoms with van der Waals surface area (Å²) in [7, 11) is 1.58. The van der Waals surface area contributed by atoms with Crippen LogP contribution in [0.4, 0.5) is 5.69 Å². The van der Waals surface area contributed by atoms with Gasteiger partial charge in [0.15, 0.2) is 0 Å². The molecule has 2 aromatic carbocycles. The summed E-state index contributed by atoms with van der Waals surface area (Å²) < 4.78 is 5.23. The first-order valence-corrected chi connectivity index (χ1v) is 11.3. The van der Waals surface area contributed by atoms with Crippen LogP contribution in [0, 0.1) is 11.3 Å². The smallest absolute Gasteiger partial charge is 0.257 e. The van der Waals surface area contributed by atoms with E-state index in [0.717, 1.165) is 36.1 Å². The van der Waals surface area contributed by atoms with E-state index in [9.17, 15) is 10.1 Å². The summed E-state index contributed by atoms with van der Waals surface area (Å²) >= 11 is 6.29. The number of nitrogens with zero attached hydrogens (tertiary/aromatic N) is 4. The van der Waals surface area contributed by atoms with Crippen LogP contribution in [0.1, 0.15) is 28.4 Å². The van der Waals surface area contributed by atoms with Crippen LogP contribution in [0.5, 0.6) is 5.75 Å². The van der Waals surface area contributed by atoms with Crippen LogP contribution in [-0.4, -0.2) is 60.5 Å². The second kappa shape index (κ2) is 10.1. The molecule has 1 aliphatic heterocycles. The number of nitriles is 1. The van der Waals surface area contributed by atoms with Crippen LogP contribution in [-0.2, 0) is 6.54 Å². The fourth-order valence-electron chi connectivity index (χ4n) is 4.06. The van der Waals surface area contributed by atoms with Crippen LogP contribution in [0.2, 0.25) is 5.02 Å². The molecule has 1 saturated heterocycles. The molecule has 170 valence electrons. The predicted octanol–water partition coefficient (Wildman–Crippen LogP) is 4.16. The summed E-state index contributed by atoms with van der Waals surface area (Å²) in [6, 6.07) is 13.1. The van der Waals surface area contributed by atoms with Crippen molar-refractivity contribution in [2.45, 2.75) is 13.5 Å². The van der Waals surface area contributed by atoms with Gasteiger partial charge in [-0.3, -0.25) is 9.78 Å². The first-order valence-electron chi connectivity index (χ1n) is 10.9. The van der Waals surface area contributed by atoms with Gasteiger partial charge in [0.1, 0.15) is 5.75 Å². The van der Waals surface area contributed by atoms with Crippen LogP contribution in [0.25, 0.3) is 10.9 Å². The van der Waals surface area contributed by atoms with Gasteiger partial charge in [0, 0.05) is 44.3 Å². The van der Waals surface area contributed by atoms with Crippen molar-refractivity contribution in [2.24, 2.45) is 0 Å². The lowest BCUT2D eigenvalue weighted by atomic mass is 10.0. The number of rotatable bonds is 6. The number of pyridine rings is 1. The first kappa shape index (κ1) is 22.8. The molecule has 0 spiro atoms. The number of benzene rings is 2. The van der Waals surface area contributed by atoms with Crippen molar-refractivity contribution in [1.82, 2.24) is 14.8 Å². The number of halogens is 1. The zero-order valence-electron chi connectivity index (χ0n) is 18.8. The monoisotopic (exact) mass is 463 g/mol. The van der Waals surface area contributed by atoms with Gasteiger partial charge >= 0.3 is 0 Å². The highest BCUT2D eigenvalue weighted by Gasteiger charge is 2.25. The number of anilines is 1. The Kier molecular flexibility index (Phi) is 6.97. The van der Waals surface area contributed by atoms with Gasteiger partial charge in [-0.1, -0.05) is 24.6 Å². The zero-order chi connectivity index (χ0) is 23.4. The van der Waals surface area contributed by atoms with Crippen LogP contribution >= 0.6 is 11.6 Å². The number of fused-ring (bicyclic) bond motifs is 1. The highest BCUT2D eigenvalue weighted by atomic mass is 35.5. The molecule has 4 rings (SSSR count). The second-order valence-corrected chi connectivity index (χ2v) is 8.35. The number of carbonyl (C=O) groups excluding carboxylic acids is 1. The summed E-state index contributed by atoms with van der Waals surface area (Å²) in [5.74, 6) is 0.549. The summed E-state index contributed by atoms with van der Waals surface area (Å²) in [5.41, 5.74) is 3.35. The van der Waals surface area contributed by atoms with Crippen molar-refractivity contribution in [2.75, 3.05) is 45.2 Å². The number of piperazine rings is 1. The standard InChI is InChI=1S/C25H26ClN5O2/c1-3-30-8-10-31(11-9-30)25(32)20-16-28-22-6-4-17(14-27)12-19(22)24(20)29-15-18-5-7-23(33-2)21(26)13-18/h4-7,12-13,16H,3,8-11,15H2,1-2H3,(H,28,29). The minimum Gasteiger partial charge on any atom is -0.495 e. The maximum Gasteiger partial charge on any atom is 0.257 e. The Morgan fingerprint density at radius 2 is 2.00 bits per heavy atom. The molecular weight excluding hydrogens is 438 g/mol. The van der Waals surface area contributed by atoms with Crippen LogP contribution in [0.15, 0.2) is 42.6 Å². The van der Waals surface area contributed by atoms with Crippen molar-refractivity contribution in [1.29, 1.82) is 5.26 Å². The van der Waals surface area contributed by atoms with Crippen molar-refractivity contribution >= 4 is 34.1 Å². The molecule has 0 radical (unpaired) electrons. The second-order valence-electron chi connectivity index (χ2n) is 7.94. The number of hydrogen-bond donors (Lipinski definition) is 1. The Labute approximate surface area is 198 Å². The van der Waals surface area contributed by atoms with E-state index < -0.39 is 0 Å². The molecule has 0 unspecified atom stereocenters. The summed E-state index contributed by atoms with van der Waals surface area (Å²) in [5, 5.41) is 14.1. The number of nitrogens with one attached hydrogen (secondary N) is 1. The van der Waals surface area contributed by atoms with E-state index in [2.05, 4.69) is 28.2 Å². The minimum absolute atomic E-state index is 0.0576. The number of amides is 1. The molecule has 0 bridgehead atoms. The van der Waals surface area contributed by atoms with E-state index in [-0.39, 0.29) is 5.91 Å². The Balaban J connectivity index is 1.69. The molecule has 33 heavy (non-hydrogen) atoms. The highest BCUT2D eigenvalue weighted by Crippen LogP contribution is 2.30. The number of methoxy groups -OCH3 is 1. The SMILES string of the molecule is CCN1CCN(C(=O)c2cnc3ccc(C#N)cc3c2NCc2ccc(OC)c(Cl)c2)CC1. The summed E-state index contributed by atoms with van der Waals surface area (Å²) in [6.45, 7) is 6.62. The lowest BCUT2D eigenvalue weighted by molar-refractivity contribution is 0.0644. The molecule has 1 fully saturated rings. The topological polar surface area (TPSA) is 81.5 Å². The van der Waals surface area contributed by atoms with E-state index in [1.54, 1.807) is 31.5 Å². The molecule has 1 N–H and O–H groups in total. The third-order valence-electron chi connectivity index (χ3n) is 6.02. The molecule has 8 heteroatoms. The van der Waals surface area contributed by atoms with Gasteiger partial charge in [-0.05, 0) is 42.4 Å². The maximum absolute atomic E-state index is 13.5. The van der Waals surface area contributed by atoms with Crippen LogP contribution in [0.3, 0.4) is 0 Å². The Morgan fingerprint density at radius 3 is 2.67 bits per heavy atom. The van der Waals surface area contributed by atoms with Crippen molar-refractivity contribution in [3.05, 3.63) is 64.3 Å². The Hall–Kier alpha value is -3.34. The molecular formula is C25H26ClN5O2. The van der Waals surface area contributed by atoms with Gasteiger partial charge < -0.3 is 19.9 Å². The summed E-state index contributed by atoms with van der Waals surface area (Å²) in [6.07, 6.45) is 1.63. The van der Waals surface area contributed by atoms with Gasteiger partial charge in [-0.2, -0.15) is 5.26 Å².